The minimum absolute atomic E-state index is 0.00673. The molecule has 0 aliphatic carbocycles. The van der Waals surface area contributed by atoms with E-state index in [4.69, 9.17) is 30.2 Å². The topological polar surface area (TPSA) is 257 Å². The van der Waals surface area contributed by atoms with E-state index in [1.165, 1.54) is 0 Å². The number of aryl methyl sites for hydroxylation is 1. The van der Waals surface area contributed by atoms with Gasteiger partial charge >= 0.3 is 12.1 Å². The molecule has 4 rings (SSSR count). The number of nitrogens with one attached hydrogen (secondary N) is 5. The van der Waals surface area contributed by atoms with Crippen molar-refractivity contribution in [2.24, 2.45) is 10.8 Å². The maximum Gasteiger partial charge on any atom is 0.407 e. The van der Waals surface area contributed by atoms with Crippen molar-refractivity contribution in [3.05, 3.63) is 76.2 Å². The first-order valence-corrected chi connectivity index (χ1v) is 19.1. The predicted octanol–water partition coefficient (Wildman–Crippen LogP) is 3.73. The number of nitrogens with zero attached hydrogens (tertiary/aromatic N) is 3. The third-order valence-corrected chi connectivity index (χ3v) is 9.08. The number of nitrogens with two attached hydrogens (primary N) is 1. The van der Waals surface area contributed by atoms with Gasteiger partial charge in [0.25, 0.3) is 0 Å². The van der Waals surface area contributed by atoms with Gasteiger partial charge in [-0.2, -0.15) is 0 Å². The van der Waals surface area contributed by atoms with Gasteiger partial charge in [0, 0.05) is 23.7 Å². The number of carbonyl (C=O) groups excluding carboxylic acids is 5. The fourth-order valence-corrected chi connectivity index (χ4v) is 6.53. The van der Waals surface area contributed by atoms with E-state index in [9.17, 15) is 24.0 Å². The lowest BCUT2D eigenvalue weighted by Gasteiger charge is -2.25. The number of rotatable bonds is 19. The summed E-state index contributed by atoms with van der Waals surface area (Å²) in [7, 11) is 0. The Morgan fingerprint density at radius 1 is 0.860 bits per heavy atom. The molecular weight excluding hydrogens is 738 g/mol. The third-order valence-electron chi connectivity index (χ3n) is 9.08. The Hall–Kier alpha value is -5.42. The summed E-state index contributed by atoms with van der Waals surface area (Å²) in [5.74, 6) is -2.51. The number of anilines is 1. The predicted molar refractivity (Wildman–Crippen MR) is 210 cm³/mol. The van der Waals surface area contributed by atoms with Gasteiger partial charge in [0.15, 0.2) is 5.79 Å². The van der Waals surface area contributed by atoms with Crippen LogP contribution < -0.4 is 32.3 Å². The Labute approximate surface area is 332 Å². The zero-order valence-corrected chi connectivity index (χ0v) is 33.1. The molecule has 0 spiro atoms. The number of carbonyl (C=O) groups is 5. The van der Waals surface area contributed by atoms with Gasteiger partial charge in [-0.1, -0.05) is 47.6 Å². The molecule has 2 aromatic carbocycles. The third kappa shape index (κ3) is 14.9. The zero-order valence-electron chi connectivity index (χ0n) is 33.1. The molecule has 0 radical (unpaired) electrons. The Morgan fingerprint density at radius 2 is 1.51 bits per heavy atom. The lowest BCUT2D eigenvalue weighted by molar-refractivity contribution is -0.187. The standard InChI is InChI=1S/C39H55N9O9/c1-38(2,3)57-37(53)43-21-19-25-13-16-26(17-14-25)45-34(50)27(12-9-20-42-36(40)52)47-35(51)28(18-15-24-10-7-6-8-11-24)46-31(49)22-29-32-33(56-39(4,5)55-32)30(54-29)23-44-48-41/h6-8,10-11,13-14,16-17,27-30,32-33H,9,12,15,18-23H2,1-5H3,(H,43,53)(H,45,50)(H,46,49)(H,47,51)(H3,40,42,52)/t27?,28-,29+,30-,32?,33?/m1/s1. The highest BCUT2D eigenvalue weighted by Crippen LogP contribution is 2.40. The van der Waals surface area contributed by atoms with Crippen molar-refractivity contribution >= 4 is 35.5 Å². The van der Waals surface area contributed by atoms with Gasteiger partial charge in [0.2, 0.25) is 17.7 Å². The summed E-state index contributed by atoms with van der Waals surface area (Å²) in [5.41, 5.74) is 15.8. The quantitative estimate of drug-likeness (QED) is 0.0524. The Bertz CT molecular complexity index is 1730. The first-order chi connectivity index (χ1) is 27.0. The van der Waals surface area contributed by atoms with Crippen LogP contribution >= 0.6 is 0 Å². The highest BCUT2D eigenvalue weighted by molar-refractivity contribution is 5.98. The summed E-state index contributed by atoms with van der Waals surface area (Å²) >= 11 is 0. The molecule has 6 atom stereocenters. The average Bonchev–Trinajstić information content (AvgIpc) is 3.62. The van der Waals surface area contributed by atoms with Crippen molar-refractivity contribution < 1.29 is 42.9 Å². The first-order valence-electron chi connectivity index (χ1n) is 19.1. The number of hydrogen-bond acceptors (Lipinski definition) is 10. The second-order valence-electron chi connectivity index (χ2n) is 15.4. The lowest BCUT2D eigenvalue weighted by Crippen LogP contribution is -2.53. The van der Waals surface area contributed by atoms with Crippen LogP contribution in [0.1, 0.15) is 71.4 Å². The van der Waals surface area contributed by atoms with Crippen molar-refractivity contribution in [3.8, 4) is 0 Å². The van der Waals surface area contributed by atoms with Crippen LogP contribution in [0.3, 0.4) is 0 Å². The summed E-state index contributed by atoms with van der Waals surface area (Å²) in [5, 5.41) is 17.3. The fourth-order valence-electron chi connectivity index (χ4n) is 6.53. The van der Waals surface area contributed by atoms with E-state index in [1.807, 2.05) is 42.5 Å². The van der Waals surface area contributed by atoms with Crippen LogP contribution in [0.4, 0.5) is 15.3 Å². The van der Waals surface area contributed by atoms with Gasteiger partial charge < -0.3 is 51.3 Å². The Kier molecular flexibility index (Phi) is 16.1. The zero-order chi connectivity index (χ0) is 41.6. The molecular formula is C39H55N9O9. The Balaban J connectivity index is 1.43. The molecule has 2 heterocycles. The largest absolute Gasteiger partial charge is 0.444 e. The summed E-state index contributed by atoms with van der Waals surface area (Å²) in [4.78, 5) is 67.4. The summed E-state index contributed by atoms with van der Waals surface area (Å²) in [6, 6.07) is 13.7. The molecule has 0 bridgehead atoms. The van der Waals surface area contributed by atoms with Gasteiger partial charge in [-0.15, -0.1) is 0 Å². The number of amides is 6. The molecule has 6 amide bonds. The molecule has 2 saturated heterocycles. The number of urea groups is 1. The molecule has 2 fully saturated rings. The second-order valence-corrected chi connectivity index (χ2v) is 15.4. The van der Waals surface area contributed by atoms with E-state index in [1.54, 1.807) is 46.8 Å². The monoisotopic (exact) mass is 793 g/mol. The van der Waals surface area contributed by atoms with Gasteiger partial charge in [-0.25, -0.2) is 9.59 Å². The van der Waals surface area contributed by atoms with Crippen LogP contribution in [-0.2, 0) is 46.2 Å². The maximum absolute atomic E-state index is 14.0. The molecule has 7 N–H and O–H groups in total. The molecule has 3 unspecified atom stereocenters. The second kappa shape index (κ2) is 20.7. The number of hydrogen-bond donors (Lipinski definition) is 6. The highest BCUT2D eigenvalue weighted by atomic mass is 16.8. The van der Waals surface area contributed by atoms with E-state index in [0.29, 0.717) is 31.5 Å². The van der Waals surface area contributed by atoms with Crippen LogP contribution in [0.25, 0.3) is 10.4 Å². The molecule has 0 aromatic heterocycles. The van der Waals surface area contributed by atoms with Crippen molar-refractivity contribution in [3.63, 3.8) is 0 Å². The lowest BCUT2D eigenvalue weighted by atomic mass is 10.0. The van der Waals surface area contributed by atoms with Crippen LogP contribution in [0.5, 0.6) is 0 Å². The van der Waals surface area contributed by atoms with Crippen molar-refractivity contribution in [2.45, 2.75) is 121 Å². The smallest absolute Gasteiger partial charge is 0.407 e. The molecule has 310 valence electrons. The van der Waals surface area contributed by atoms with Crippen molar-refractivity contribution in [1.82, 2.24) is 21.3 Å². The molecule has 0 saturated carbocycles. The van der Waals surface area contributed by atoms with Gasteiger partial charge in [0.05, 0.1) is 25.2 Å². The number of benzene rings is 2. The van der Waals surface area contributed by atoms with E-state index >= 15 is 0 Å². The number of primary amides is 1. The SMILES string of the molecule is CC(C)(C)OC(=O)NCCc1ccc(NC(=O)C(CCCNC(N)=O)NC(=O)[C@@H](CCc2ccccc2)NC(=O)C[C@@H]2O[C@H](CN=[N+]=[N-])C3OC(C)(C)OC32)cc1. The first kappa shape index (κ1) is 44.3. The maximum atomic E-state index is 14.0. The van der Waals surface area contributed by atoms with E-state index in [0.717, 1.165) is 11.1 Å². The van der Waals surface area contributed by atoms with Gasteiger partial charge in [0.1, 0.15) is 29.9 Å². The molecule has 2 aliphatic rings. The number of alkyl carbamates (subject to hydrolysis) is 1. The van der Waals surface area contributed by atoms with Gasteiger partial charge in [-0.3, -0.25) is 14.4 Å². The molecule has 18 nitrogen and oxygen atoms in total. The fraction of sp³-hybridized carbons (Fsp3) is 0.564. The average molecular weight is 794 g/mol. The number of ether oxygens (including phenoxy) is 4. The number of azide groups is 1. The summed E-state index contributed by atoms with van der Waals surface area (Å²) in [6.45, 7) is 9.36. The molecule has 2 aromatic rings. The van der Waals surface area contributed by atoms with Crippen LogP contribution in [0.2, 0.25) is 0 Å². The van der Waals surface area contributed by atoms with E-state index in [2.05, 4.69) is 36.6 Å². The van der Waals surface area contributed by atoms with Crippen molar-refractivity contribution in [1.29, 1.82) is 0 Å². The van der Waals surface area contributed by atoms with Crippen LogP contribution in [-0.4, -0.2) is 97.4 Å². The highest BCUT2D eigenvalue weighted by Gasteiger charge is 2.55. The minimum atomic E-state index is -1.05. The Morgan fingerprint density at radius 3 is 2.16 bits per heavy atom. The number of fused-ring (bicyclic) bond motifs is 1. The molecule has 57 heavy (non-hydrogen) atoms. The molecule has 2 aliphatic heterocycles. The summed E-state index contributed by atoms with van der Waals surface area (Å²) < 4.78 is 23.4. The molecule has 18 heteroatoms. The minimum Gasteiger partial charge on any atom is -0.444 e. The van der Waals surface area contributed by atoms with Crippen molar-refractivity contribution in [2.75, 3.05) is 25.0 Å². The van der Waals surface area contributed by atoms with Crippen LogP contribution in [0, 0.1) is 0 Å². The van der Waals surface area contributed by atoms with Gasteiger partial charge in [-0.05, 0) is 95.5 Å². The van der Waals surface area contributed by atoms with Crippen LogP contribution in [0.15, 0.2) is 59.7 Å². The van der Waals surface area contributed by atoms with E-state index < -0.39 is 77.7 Å². The summed E-state index contributed by atoms with van der Waals surface area (Å²) in [6.07, 6.45) is -1.56. The normalized spacial score (nSPS) is 20.5. The van der Waals surface area contributed by atoms with E-state index in [-0.39, 0.29) is 32.4 Å².